The molecule has 0 saturated carbocycles. The highest BCUT2D eigenvalue weighted by atomic mass is 35.5. The third-order valence-electron chi connectivity index (χ3n) is 2.16. The second kappa shape index (κ2) is 5.53. The summed E-state index contributed by atoms with van der Waals surface area (Å²) >= 11 is 12.8. The number of benzene rings is 1. The molecule has 1 aliphatic rings. The zero-order chi connectivity index (χ0) is 13.1. The molecule has 7 heteroatoms. The van der Waals surface area contributed by atoms with E-state index < -0.39 is 5.50 Å². The van der Waals surface area contributed by atoms with Crippen LogP contribution in [0.1, 0.15) is 0 Å². The monoisotopic (exact) mass is 299 g/mol. The van der Waals surface area contributed by atoms with E-state index in [2.05, 4.69) is 5.32 Å². The topological polar surface area (TPSA) is 56.1 Å². The van der Waals surface area contributed by atoms with Crippen molar-refractivity contribution in [2.24, 2.45) is 0 Å². The number of nitrogens with zero attached hydrogens (tertiary/aromatic N) is 2. The molecular weight excluding hydrogens is 293 g/mol. The maximum absolute atomic E-state index is 12.0. The Morgan fingerprint density at radius 1 is 1.44 bits per heavy atom. The van der Waals surface area contributed by atoms with Gasteiger partial charge in [-0.1, -0.05) is 41.4 Å². The lowest BCUT2D eigenvalue weighted by Gasteiger charge is -2.09. The highest BCUT2D eigenvalue weighted by molar-refractivity contribution is 8.02. The van der Waals surface area contributed by atoms with Crippen LogP contribution in [0.25, 0.3) is 0 Å². The van der Waals surface area contributed by atoms with Crippen LogP contribution in [0.5, 0.6) is 0 Å². The lowest BCUT2D eigenvalue weighted by atomic mass is 10.3. The number of para-hydroxylation sites is 1. The van der Waals surface area contributed by atoms with Crippen LogP contribution >= 0.6 is 35.1 Å². The SMILES string of the molecule is N#CN1SC(C(=O)Nc2ccccc2)=C(Cl)C1Cl. The number of hydrogen-bond acceptors (Lipinski definition) is 4. The number of hydrogen-bond donors (Lipinski definition) is 1. The van der Waals surface area contributed by atoms with Crippen LogP contribution in [0.3, 0.4) is 0 Å². The predicted octanol–water partition coefficient (Wildman–Crippen LogP) is 3.09. The standard InChI is InChI=1S/C11H7Cl2N3OS/c12-8-9(18-16(6-14)10(8)13)11(17)15-7-4-2-1-3-5-7/h1-5,10H,(H,15,17). The van der Waals surface area contributed by atoms with Crippen molar-refractivity contribution in [1.29, 1.82) is 5.26 Å². The molecule has 1 atom stereocenters. The first kappa shape index (κ1) is 13.1. The lowest BCUT2D eigenvalue weighted by molar-refractivity contribution is -0.112. The zero-order valence-electron chi connectivity index (χ0n) is 8.93. The molecule has 0 fully saturated rings. The van der Waals surface area contributed by atoms with Crippen molar-refractivity contribution in [1.82, 2.24) is 4.31 Å². The van der Waals surface area contributed by atoms with E-state index in [0.29, 0.717) is 5.69 Å². The Morgan fingerprint density at radius 2 is 2.11 bits per heavy atom. The first-order valence-corrected chi connectivity index (χ1v) is 6.49. The second-order valence-electron chi connectivity index (χ2n) is 3.35. The Morgan fingerprint density at radius 3 is 2.67 bits per heavy atom. The van der Waals surface area contributed by atoms with Crippen LogP contribution < -0.4 is 5.32 Å². The number of carbonyl (C=O) groups excluding carboxylic acids is 1. The summed E-state index contributed by atoms with van der Waals surface area (Å²) in [6.07, 6.45) is 1.85. The quantitative estimate of drug-likeness (QED) is 0.395. The molecule has 1 amide bonds. The summed E-state index contributed by atoms with van der Waals surface area (Å²) in [4.78, 5) is 12.2. The summed E-state index contributed by atoms with van der Waals surface area (Å²) in [5.74, 6) is -0.375. The molecule has 1 aliphatic heterocycles. The third-order valence-corrected chi connectivity index (χ3v) is 4.38. The number of nitrogens with one attached hydrogen (secondary N) is 1. The normalized spacial score (nSPS) is 18.7. The molecule has 2 rings (SSSR count). The Balaban J connectivity index is 2.14. The van der Waals surface area contributed by atoms with Crippen molar-refractivity contribution < 1.29 is 4.79 Å². The van der Waals surface area contributed by atoms with Crippen molar-refractivity contribution in [3.63, 3.8) is 0 Å². The minimum atomic E-state index is -0.793. The van der Waals surface area contributed by atoms with Gasteiger partial charge >= 0.3 is 0 Å². The average molecular weight is 300 g/mol. The molecule has 0 spiro atoms. The molecular formula is C11H7Cl2N3OS. The van der Waals surface area contributed by atoms with Crippen molar-refractivity contribution in [3.8, 4) is 6.19 Å². The van der Waals surface area contributed by atoms with Crippen LogP contribution in [-0.2, 0) is 4.79 Å². The van der Waals surface area contributed by atoms with Gasteiger partial charge in [-0.05, 0) is 12.1 Å². The fourth-order valence-electron chi connectivity index (χ4n) is 1.33. The lowest BCUT2D eigenvalue weighted by Crippen LogP contribution is -2.13. The number of alkyl halides is 1. The summed E-state index contributed by atoms with van der Waals surface area (Å²) in [6, 6.07) is 8.97. The van der Waals surface area contributed by atoms with Crippen LogP contribution in [0.2, 0.25) is 0 Å². The summed E-state index contributed by atoms with van der Waals surface area (Å²) in [5, 5.41) is 11.6. The molecule has 1 unspecified atom stereocenters. The highest BCUT2D eigenvalue weighted by Gasteiger charge is 2.34. The highest BCUT2D eigenvalue weighted by Crippen LogP contribution is 2.41. The van der Waals surface area contributed by atoms with Gasteiger partial charge in [-0.25, -0.2) is 4.31 Å². The predicted molar refractivity (Wildman–Crippen MR) is 72.6 cm³/mol. The van der Waals surface area contributed by atoms with Crippen LogP contribution in [0.15, 0.2) is 40.3 Å². The Bertz CT molecular complexity index is 541. The van der Waals surface area contributed by atoms with E-state index in [9.17, 15) is 4.79 Å². The van der Waals surface area contributed by atoms with E-state index in [4.69, 9.17) is 28.5 Å². The minimum Gasteiger partial charge on any atom is -0.321 e. The first-order valence-electron chi connectivity index (χ1n) is 4.90. The van der Waals surface area contributed by atoms with Gasteiger partial charge in [-0.3, -0.25) is 4.79 Å². The summed E-state index contributed by atoms with van der Waals surface area (Å²) < 4.78 is 1.16. The molecule has 0 bridgehead atoms. The van der Waals surface area contributed by atoms with E-state index in [1.807, 2.05) is 12.3 Å². The van der Waals surface area contributed by atoms with E-state index >= 15 is 0 Å². The van der Waals surface area contributed by atoms with Crippen LogP contribution in [0.4, 0.5) is 5.69 Å². The summed E-state index contributed by atoms with van der Waals surface area (Å²) in [7, 11) is 0. The number of amides is 1. The Kier molecular flexibility index (Phi) is 4.02. The molecule has 0 radical (unpaired) electrons. The van der Waals surface area contributed by atoms with E-state index in [1.54, 1.807) is 24.3 Å². The molecule has 0 aliphatic carbocycles. The fraction of sp³-hybridized carbons (Fsp3) is 0.0909. The first-order chi connectivity index (χ1) is 8.63. The third kappa shape index (κ3) is 2.56. The molecule has 1 aromatic rings. The average Bonchev–Trinajstić information content (AvgIpc) is 2.67. The van der Waals surface area contributed by atoms with Crippen LogP contribution in [-0.4, -0.2) is 15.7 Å². The molecule has 0 aromatic heterocycles. The molecule has 4 nitrogen and oxygen atoms in total. The number of anilines is 1. The van der Waals surface area contributed by atoms with Gasteiger partial charge in [0.15, 0.2) is 11.7 Å². The minimum absolute atomic E-state index is 0.164. The molecule has 1 N–H and O–H groups in total. The number of rotatable bonds is 2. The summed E-state index contributed by atoms with van der Waals surface area (Å²) in [5.41, 5.74) is -0.139. The van der Waals surface area contributed by atoms with Gasteiger partial charge in [0.25, 0.3) is 5.91 Å². The summed E-state index contributed by atoms with van der Waals surface area (Å²) in [6.45, 7) is 0. The van der Waals surface area contributed by atoms with Gasteiger partial charge < -0.3 is 5.32 Å². The van der Waals surface area contributed by atoms with Crippen molar-refractivity contribution in [2.75, 3.05) is 5.32 Å². The molecule has 1 heterocycles. The largest absolute Gasteiger partial charge is 0.321 e. The van der Waals surface area contributed by atoms with Gasteiger partial charge in [0, 0.05) is 17.6 Å². The van der Waals surface area contributed by atoms with Crippen LogP contribution in [0, 0.1) is 11.5 Å². The zero-order valence-corrected chi connectivity index (χ0v) is 11.3. The molecule has 1 aromatic carbocycles. The molecule has 0 saturated heterocycles. The number of carbonyl (C=O) groups is 1. The van der Waals surface area contributed by atoms with Gasteiger partial charge in [-0.15, -0.1) is 0 Å². The number of halogens is 2. The molecule has 92 valence electrons. The maximum atomic E-state index is 12.0. The van der Waals surface area contributed by atoms with Crippen molar-refractivity contribution in [2.45, 2.75) is 5.50 Å². The smallest absolute Gasteiger partial charge is 0.265 e. The Hall–Kier alpha value is -1.35. The fourth-order valence-corrected chi connectivity index (χ4v) is 2.78. The number of nitriles is 1. The van der Waals surface area contributed by atoms with Gasteiger partial charge in [-0.2, -0.15) is 5.26 Å². The maximum Gasteiger partial charge on any atom is 0.265 e. The molecule has 18 heavy (non-hydrogen) atoms. The van der Waals surface area contributed by atoms with Gasteiger partial charge in [0.1, 0.15) is 4.91 Å². The van der Waals surface area contributed by atoms with E-state index in [0.717, 1.165) is 16.3 Å². The van der Waals surface area contributed by atoms with Crippen molar-refractivity contribution in [3.05, 3.63) is 40.3 Å². The van der Waals surface area contributed by atoms with E-state index in [-0.39, 0.29) is 15.8 Å². The van der Waals surface area contributed by atoms with Gasteiger partial charge in [0.2, 0.25) is 0 Å². The van der Waals surface area contributed by atoms with Crippen molar-refractivity contribution >= 4 is 46.7 Å². The van der Waals surface area contributed by atoms with Gasteiger partial charge in [0.05, 0.1) is 5.03 Å². The van der Waals surface area contributed by atoms with E-state index in [1.165, 1.54) is 0 Å². The second-order valence-corrected chi connectivity index (χ2v) is 5.15. The Labute approximate surface area is 118 Å².